The highest BCUT2D eigenvalue weighted by Crippen LogP contribution is 2.37. The Labute approximate surface area is 107 Å². The normalized spacial score (nSPS) is 35.8. The Hall–Kier alpha value is -0.0800. The van der Waals surface area contributed by atoms with E-state index in [1.165, 1.54) is 58.0 Å². The average molecular weight is 238 g/mol. The zero-order chi connectivity index (χ0) is 12.3. The Kier molecular flexibility index (Phi) is 4.87. The fraction of sp³-hybridized carbons (Fsp3) is 1.00. The van der Waals surface area contributed by atoms with Crippen LogP contribution in [-0.2, 0) is 0 Å². The summed E-state index contributed by atoms with van der Waals surface area (Å²) in [6.07, 6.45) is 9.48. The second kappa shape index (κ2) is 6.19. The van der Waals surface area contributed by atoms with Crippen LogP contribution in [0.4, 0.5) is 0 Å². The predicted molar refractivity (Wildman–Crippen MR) is 74.0 cm³/mol. The Balaban J connectivity index is 1.90. The predicted octanol–water partition coefficient (Wildman–Crippen LogP) is 3.01. The molecule has 4 unspecified atom stereocenters. The van der Waals surface area contributed by atoms with Crippen LogP contribution in [0.2, 0.25) is 0 Å². The summed E-state index contributed by atoms with van der Waals surface area (Å²) in [5, 5.41) is 0. The standard InChI is InChI=1S/C15H30N2/c1-3-5-8-13(4-2)17-10-12-7-6-9-15(16)14(12)11-17/h12-15H,3-11,16H2,1-2H3. The van der Waals surface area contributed by atoms with Crippen molar-refractivity contribution < 1.29 is 0 Å². The highest BCUT2D eigenvalue weighted by molar-refractivity contribution is 4.94. The molecule has 0 amide bonds. The van der Waals surface area contributed by atoms with Crippen LogP contribution in [0.5, 0.6) is 0 Å². The van der Waals surface area contributed by atoms with Crippen molar-refractivity contribution in [2.45, 2.75) is 70.9 Å². The molecule has 0 aromatic heterocycles. The number of unbranched alkanes of at least 4 members (excludes halogenated alkanes) is 1. The van der Waals surface area contributed by atoms with E-state index in [2.05, 4.69) is 18.7 Å². The van der Waals surface area contributed by atoms with Crippen molar-refractivity contribution in [1.29, 1.82) is 0 Å². The van der Waals surface area contributed by atoms with Gasteiger partial charge in [0.05, 0.1) is 0 Å². The van der Waals surface area contributed by atoms with E-state index < -0.39 is 0 Å². The summed E-state index contributed by atoms with van der Waals surface area (Å²) in [4.78, 5) is 2.76. The molecule has 17 heavy (non-hydrogen) atoms. The van der Waals surface area contributed by atoms with Gasteiger partial charge in [0.1, 0.15) is 0 Å². The summed E-state index contributed by atoms with van der Waals surface area (Å²) in [7, 11) is 0. The molecule has 1 heterocycles. The number of nitrogens with zero attached hydrogens (tertiary/aromatic N) is 1. The van der Waals surface area contributed by atoms with Gasteiger partial charge in [0.25, 0.3) is 0 Å². The molecule has 2 heteroatoms. The fourth-order valence-corrected chi connectivity index (χ4v) is 3.93. The zero-order valence-electron chi connectivity index (χ0n) is 11.7. The van der Waals surface area contributed by atoms with E-state index >= 15 is 0 Å². The highest BCUT2D eigenvalue weighted by Gasteiger charge is 2.40. The second-order valence-corrected chi connectivity index (χ2v) is 6.18. The van der Waals surface area contributed by atoms with Crippen molar-refractivity contribution in [3.8, 4) is 0 Å². The topological polar surface area (TPSA) is 29.3 Å². The maximum Gasteiger partial charge on any atom is 0.00928 e. The number of hydrogen-bond acceptors (Lipinski definition) is 2. The molecule has 0 radical (unpaired) electrons. The lowest BCUT2D eigenvalue weighted by atomic mass is 9.78. The van der Waals surface area contributed by atoms with E-state index in [1.54, 1.807) is 0 Å². The number of likely N-dealkylation sites (tertiary alicyclic amines) is 1. The van der Waals surface area contributed by atoms with Gasteiger partial charge in [0, 0.05) is 25.2 Å². The molecule has 0 aromatic rings. The Morgan fingerprint density at radius 3 is 2.71 bits per heavy atom. The van der Waals surface area contributed by atoms with E-state index in [0.29, 0.717) is 6.04 Å². The lowest BCUT2D eigenvalue weighted by Gasteiger charge is -2.30. The third-order valence-electron chi connectivity index (χ3n) is 5.06. The van der Waals surface area contributed by atoms with E-state index in [9.17, 15) is 0 Å². The molecule has 1 aliphatic carbocycles. The Bertz CT molecular complexity index is 229. The summed E-state index contributed by atoms with van der Waals surface area (Å²) in [6.45, 7) is 7.27. The summed E-state index contributed by atoms with van der Waals surface area (Å²) in [5.74, 6) is 1.72. The molecule has 2 N–H and O–H groups in total. The number of fused-ring (bicyclic) bond motifs is 1. The van der Waals surface area contributed by atoms with Gasteiger partial charge in [-0.3, -0.25) is 4.90 Å². The van der Waals surface area contributed by atoms with E-state index in [4.69, 9.17) is 5.73 Å². The highest BCUT2D eigenvalue weighted by atomic mass is 15.2. The van der Waals surface area contributed by atoms with E-state index in [0.717, 1.165) is 17.9 Å². The van der Waals surface area contributed by atoms with Gasteiger partial charge in [-0.25, -0.2) is 0 Å². The SMILES string of the molecule is CCCCC(CC)N1CC2CCCC(N)C2C1. The molecule has 1 saturated carbocycles. The first-order valence-corrected chi connectivity index (χ1v) is 7.75. The number of rotatable bonds is 5. The van der Waals surface area contributed by atoms with Gasteiger partial charge in [-0.1, -0.05) is 33.1 Å². The van der Waals surface area contributed by atoms with Crippen LogP contribution in [0.25, 0.3) is 0 Å². The van der Waals surface area contributed by atoms with Crippen molar-refractivity contribution in [3.05, 3.63) is 0 Å². The lowest BCUT2D eigenvalue weighted by Crippen LogP contribution is -2.39. The summed E-state index contributed by atoms with van der Waals surface area (Å²) < 4.78 is 0. The maximum atomic E-state index is 6.30. The zero-order valence-corrected chi connectivity index (χ0v) is 11.7. The van der Waals surface area contributed by atoms with Crippen LogP contribution in [-0.4, -0.2) is 30.1 Å². The molecule has 0 bridgehead atoms. The van der Waals surface area contributed by atoms with Crippen LogP contribution in [0, 0.1) is 11.8 Å². The molecule has 2 rings (SSSR count). The molecule has 1 saturated heterocycles. The smallest absolute Gasteiger partial charge is 0.00928 e. The quantitative estimate of drug-likeness (QED) is 0.798. The van der Waals surface area contributed by atoms with Gasteiger partial charge in [-0.2, -0.15) is 0 Å². The minimum Gasteiger partial charge on any atom is -0.327 e. The minimum atomic E-state index is 0.488. The molecule has 1 aliphatic heterocycles. The van der Waals surface area contributed by atoms with Gasteiger partial charge >= 0.3 is 0 Å². The van der Waals surface area contributed by atoms with E-state index in [1.807, 2.05) is 0 Å². The van der Waals surface area contributed by atoms with Crippen LogP contribution < -0.4 is 5.73 Å². The molecule has 2 nitrogen and oxygen atoms in total. The van der Waals surface area contributed by atoms with Gasteiger partial charge in [0.15, 0.2) is 0 Å². The average Bonchev–Trinajstić information content (AvgIpc) is 2.75. The van der Waals surface area contributed by atoms with Gasteiger partial charge < -0.3 is 5.73 Å². The van der Waals surface area contributed by atoms with Crippen molar-refractivity contribution in [2.75, 3.05) is 13.1 Å². The largest absolute Gasteiger partial charge is 0.327 e. The molecule has 0 aromatic carbocycles. The molecular weight excluding hydrogens is 208 g/mol. The monoisotopic (exact) mass is 238 g/mol. The Morgan fingerprint density at radius 2 is 2.06 bits per heavy atom. The second-order valence-electron chi connectivity index (χ2n) is 6.18. The van der Waals surface area contributed by atoms with Gasteiger partial charge in [-0.15, -0.1) is 0 Å². The molecule has 4 atom stereocenters. The van der Waals surface area contributed by atoms with Gasteiger partial charge in [-0.05, 0) is 37.5 Å². The third kappa shape index (κ3) is 3.03. The first-order chi connectivity index (χ1) is 8.26. The van der Waals surface area contributed by atoms with Crippen molar-refractivity contribution in [2.24, 2.45) is 17.6 Å². The summed E-state index contributed by atoms with van der Waals surface area (Å²) >= 11 is 0. The third-order valence-corrected chi connectivity index (χ3v) is 5.06. The Morgan fingerprint density at radius 1 is 1.24 bits per heavy atom. The molecular formula is C15H30N2. The first-order valence-electron chi connectivity index (χ1n) is 7.75. The van der Waals surface area contributed by atoms with Crippen LogP contribution in [0.3, 0.4) is 0 Å². The number of nitrogens with two attached hydrogens (primary N) is 1. The van der Waals surface area contributed by atoms with Crippen LogP contribution in [0.1, 0.15) is 58.8 Å². The van der Waals surface area contributed by atoms with Crippen molar-refractivity contribution >= 4 is 0 Å². The first kappa shape index (κ1) is 13.4. The minimum absolute atomic E-state index is 0.488. The lowest BCUT2D eigenvalue weighted by molar-refractivity contribution is 0.208. The molecule has 0 spiro atoms. The fourth-order valence-electron chi connectivity index (χ4n) is 3.93. The van der Waals surface area contributed by atoms with Crippen LogP contribution in [0.15, 0.2) is 0 Å². The van der Waals surface area contributed by atoms with Crippen molar-refractivity contribution in [1.82, 2.24) is 4.90 Å². The van der Waals surface area contributed by atoms with Crippen LogP contribution >= 0.6 is 0 Å². The molecule has 2 aliphatic rings. The van der Waals surface area contributed by atoms with Crippen molar-refractivity contribution in [3.63, 3.8) is 0 Å². The molecule has 2 fully saturated rings. The summed E-state index contributed by atoms with van der Waals surface area (Å²) in [6, 6.07) is 1.31. The molecule has 100 valence electrons. The number of hydrogen-bond donors (Lipinski definition) is 1. The maximum absolute atomic E-state index is 6.30. The van der Waals surface area contributed by atoms with E-state index in [-0.39, 0.29) is 0 Å². The summed E-state index contributed by atoms with van der Waals surface area (Å²) in [5.41, 5.74) is 6.30. The van der Waals surface area contributed by atoms with Gasteiger partial charge in [0.2, 0.25) is 0 Å².